The van der Waals surface area contributed by atoms with E-state index in [0.717, 1.165) is 24.3 Å². The van der Waals surface area contributed by atoms with E-state index in [-0.39, 0.29) is 37.7 Å². The van der Waals surface area contributed by atoms with Gasteiger partial charge in [0.15, 0.2) is 0 Å². The van der Waals surface area contributed by atoms with E-state index in [4.69, 9.17) is 20.4 Å². The summed E-state index contributed by atoms with van der Waals surface area (Å²) in [6.45, 7) is 0. The Bertz CT molecular complexity index is 834. The second kappa shape index (κ2) is 8.89. The fourth-order valence-electron chi connectivity index (χ4n) is 1.54. The van der Waals surface area contributed by atoms with Gasteiger partial charge in [-0.1, -0.05) is 12.1 Å². The monoisotopic (exact) mass is 418 g/mol. The van der Waals surface area contributed by atoms with Crippen molar-refractivity contribution in [3.8, 4) is 23.0 Å². The molecule has 2 aromatic rings. The van der Waals surface area contributed by atoms with Crippen LogP contribution in [0.1, 0.15) is 0 Å². The van der Waals surface area contributed by atoms with Gasteiger partial charge in [-0.3, -0.25) is 0 Å². The van der Waals surface area contributed by atoms with E-state index in [1.54, 1.807) is 0 Å². The molecular formula is C12H10CaO10S2. The molecule has 0 heterocycles. The summed E-state index contributed by atoms with van der Waals surface area (Å²) in [6, 6.07) is 6.46. The van der Waals surface area contributed by atoms with Gasteiger partial charge >= 0.3 is 37.7 Å². The standard InChI is InChI=1S/2C6H6O5S.Ca/c2*7-4-2-1-3-5(8)6(4)12(9,10)11;/h2*1-3,7-8H,(H,9,10,11);/q;;+2/p-2. The van der Waals surface area contributed by atoms with Crippen LogP contribution in [0.3, 0.4) is 0 Å². The molecule has 0 fully saturated rings. The van der Waals surface area contributed by atoms with Crippen LogP contribution in [-0.4, -0.2) is 84.1 Å². The minimum absolute atomic E-state index is 0. The summed E-state index contributed by atoms with van der Waals surface area (Å²) in [5.74, 6) is -2.98. The second-order valence-corrected chi connectivity index (χ2v) is 6.79. The van der Waals surface area contributed by atoms with Gasteiger partial charge in [0.25, 0.3) is 0 Å². The Balaban J connectivity index is 0.000000443. The third kappa shape index (κ3) is 6.51. The first-order chi connectivity index (χ1) is 10.9. The van der Waals surface area contributed by atoms with Crippen molar-refractivity contribution in [2.45, 2.75) is 9.79 Å². The summed E-state index contributed by atoms with van der Waals surface area (Å²) >= 11 is 0. The molecule has 0 amide bonds. The third-order valence-corrected chi connectivity index (χ3v) is 4.28. The zero-order chi connectivity index (χ0) is 18.7. The van der Waals surface area contributed by atoms with Gasteiger partial charge in [-0.2, -0.15) is 0 Å². The fourth-order valence-corrected chi connectivity index (χ4v) is 2.84. The number of phenols is 4. The molecule has 0 atom stereocenters. The smallest absolute Gasteiger partial charge is 0.744 e. The Hall–Kier alpha value is -1.28. The molecule has 0 bridgehead atoms. The molecule has 0 saturated heterocycles. The van der Waals surface area contributed by atoms with Crippen LogP contribution in [0.25, 0.3) is 0 Å². The van der Waals surface area contributed by atoms with E-state index in [0.29, 0.717) is 0 Å². The van der Waals surface area contributed by atoms with Crippen LogP contribution < -0.4 is 0 Å². The van der Waals surface area contributed by atoms with Crippen molar-refractivity contribution in [3.05, 3.63) is 36.4 Å². The average Bonchev–Trinajstić information content (AvgIpc) is 2.35. The summed E-state index contributed by atoms with van der Waals surface area (Å²) in [7, 11) is -9.63. The van der Waals surface area contributed by atoms with Crippen molar-refractivity contribution in [1.82, 2.24) is 0 Å². The summed E-state index contributed by atoms with van der Waals surface area (Å²) in [5, 5.41) is 35.6. The van der Waals surface area contributed by atoms with Crippen LogP contribution >= 0.6 is 0 Å². The van der Waals surface area contributed by atoms with E-state index in [2.05, 4.69) is 0 Å². The first-order valence-corrected chi connectivity index (χ1v) is 8.61. The van der Waals surface area contributed by atoms with E-state index < -0.39 is 53.0 Å². The first kappa shape index (κ1) is 23.7. The molecule has 25 heavy (non-hydrogen) atoms. The second-order valence-electron chi connectivity index (χ2n) is 4.16. The number of benzene rings is 2. The average molecular weight is 418 g/mol. The van der Waals surface area contributed by atoms with Gasteiger partial charge in [0.05, 0.1) is 0 Å². The van der Waals surface area contributed by atoms with Crippen molar-refractivity contribution >= 4 is 58.0 Å². The van der Waals surface area contributed by atoms with Crippen molar-refractivity contribution in [3.63, 3.8) is 0 Å². The zero-order valence-electron chi connectivity index (χ0n) is 12.2. The summed E-state index contributed by atoms with van der Waals surface area (Å²) < 4.78 is 62.4. The number of hydrogen-bond acceptors (Lipinski definition) is 10. The van der Waals surface area contributed by atoms with Gasteiger partial charge in [-0.15, -0.1) is 0 Å². The van der Waals surface area contributed by atoms with E-state index in [9.17, 15) is 25.9 Å². The SMILES string of the molecule is O=S(=O)([O-])c1c(O)cccc1O.O=S(=O)([O-])c1c(O)cccc1O.[Ca+2]. The Labute approximate surface area is 172 Å². The van der Waals surface area contributed by atoms with Gasteiger partial charge in [-0.25, -0.2) is 16.8 Å². The molecule has 0 saturated carbocycles. The van der Waals surface area contributed by atoms with Crippen molar-refractivity contribution in [2.24, 2.45) is 0 Å². The predicted molar refractivity (Wildman–Crippen MR) is 81.2 cm³/mol. The fraction of sp³-hybridized carbons (Fsp3) is 0. The van der Waals surface area contributed by atoms with Gasteiger partial charge in [-0.05, 0) is 24.3 Å². The molecule has 0 unspecified atom stereocenters. The topological polar surface area (TPSA) is 195 Å². The van der Waals surface area contributed by atoms with Crippen LogP contribution in [0.4, 0.5) is 0 Å². The van der Waals surface area contributed by atoms with Crippen molar-refractivity contribution < 1.29 is 46.4 Å². The van der Waals surface area contributed by atoms with Crippen LogP contribution in [0, 0.1) is 0 Å². The van der Waals surface area contributed by atoms with Crippen molar-refractivity contribution in [1.29, 1.82) is 0 Å². The molecule has 13 heteroatoms. The molecule has 0 radical (unpaired) electrons. The summed E-state index contributed by atoms with van der Waals surface area (Å²) in [6.07, 6.45) is 0. The maximum atomic E-state index is 10.4. The van der Waals surface area contributed by atoms with Crippen LogP contribution in [-0.2, 0) is 20.2 Å². The Morgan fingerprint density at radius 1 is 0.600 bits per heavy atom. The zero-order valence-corrected chi connectivity index (χ0v) is 16.1. The van der Waals surface area contributed by atoms with Crippen LogP contribution in [0.2, 0.25) is 0 Å². The summed E-state index contributed by atoms with van der Waals surface area (Å²) in [5.41, 5.74) is 0. The largest absolute Gasteiger partial charge is 2.00 e. The predicted octanol–water partition coefficient (Wildman–Crippen LogP) is -0.377. The molecule has 0 aliphatic heterocycles. The number of aromatic hydroxyl groups is 4. The Morgan fingerprint density at radius 2 is 0.800 bits per heavy atom. The molecule has 2 rings (SSSR count). The Kier molecular flexibility index (Phi) is 8.44. The summed E-state index contributed by atoms with van der Waals surface area (Å²) in [4.78, 5) is -1.96. The molecule has 0 aliphatic rings. The van der Waals surface area contributed by atoms with Crippen LogP contribution in [0.15, 0.2) is 46.2 Å². The minimum Gasteiger partial charge on any atom is -0.744 e. The van der Waals surface area contributed by atoms with Gasteiger partial charge in [0, 0.05) is 0 Å². The molecule has 2 aromatic carbocycles. The quantitative estimate of drug-likeness (QED) is 0.369. The Morgan fingerprint density at radius 3 is 0.920 bits per heavy atom. The number of phenolic OH excluding ortho intramolecular Hbond substituents is 4. The maximum Gasteiger partial charge on any atom is 2.00 e. The van der Waals surface area contributed by atoms with E-state index in [1.165, 1.54) is 12.1 Å². The maximum absolute atomic E-state index is 10.4. The van der Waals surface area contributed by atoms with Gasteiger partial charge in [0.2, 0.25) is 0 Å². The molecule has 0 aromatic heterocycles. The molecule has 4 N–H and O–H groups in total. The molecule has 0 spiro atoms. The van der Waals surface area contributed by atoms with Crippen LogP contribution in [0.5, 0.6) is 23.0 Å². The molecule has 10 nitrogen and oxygen atoms in total. The van der Waals surface area contributed by atoms with Gasteiger partial charge < -0.3 is 29.5 Å². The number of hydrogen-bond donors (Lipinski definition) is 4. The first-order valence-electron chi connectivity index (χ1n) is 5.79. The minimum atomic E-state index is -4.81. The van der Waals surface area contributed by atoms with E-state index >= 15 is 0 Å². The van der Waals surface area contributed by atoms with Crippen molar-refractivity contribution in [2.75, 3.05) is 0 Å². The molecule has 0 aliphatic carbocycles. The number of rotatable bonds is 2. The normalized spacial score (nSPS) is 11.0. The molecular weight excluding hydrogens is 408 g/mol. The molecule has 132 valence electrons. The van der Waals surface area contributed by atoms with E-state index in [1.807, 2.05) is 0 Å². The van der Waals surface area contributed by atoms with Gasteiger partial charge in [0.1, 0.15) is 53.0 Å². The third-order valence-electron chi connectivity index (χ3n) is 2.45.